The van der Waals surface area contributed by atoms with Crippen LogP contribution in [-0.2, 0) is 4.79 Å². The zero-order valence-electron chi connectivity index (χ0n) is 8.47. The quantitative estimate of drug-likeness (QED) is 0.428. The second-order valence-corrected chi connectivity index (χ2v) is 2.26. The number of carbonyl (C=O) groups excluding carboxylic acids is 2. The van der Waals surface area contributed by atoms with Crippen molar-refractivity contribution in [2.75, 3.05) is 0 Å². The van der Waals surface area contributed by atoms with Crippen molar-refractivity contribution in [1.29, 1.82) is 0 Å². The maximum atomic E-state index is 10.1. The molecule has 0 aliphatic rings. The van der Waals surface area contributed by atoms with Gasteiger partial charge in [0.05, 0.1) is 5.97 Å². The SMILES string of the molecule is C=CC(N)=O.O=C([O-])c1ccccc1.[K+]. The molecule has 1 aromatic rings. The van der Waals surface area contributed by atoms with Crippen LogP contribution in [0.2, 0.25) is 0 Å². The number of hydrogen-bond donors (Lipinski definition) is 1. The fraction of sp³-hybridized carbons (Fsp3) is 0. The molecule has 0 bridgehead atoms. The number of amides is 1. The molecule has 5 heteroatoms. The molecule has 0 aromatic heterocycles. The van der Waals surface area contributed by atoms with Crippen molar-refractivity contribution in [2.45, 2.75) is 0 Å². The predicted molar refractivity (Wildman–Crippen MR) is 50.2 cm³/mol. The zero-order chi connectivity index (χ0) is 11.0. The summed E-state index contributed by atoms with van der Waals surface area (Å²) in [6.45, 7) is 3.09. The van der Waals surface area contributed by atoms with Crippen LogP contribution < -0.4 is 62.2 Å². The van der Waals surface area contributed by atoms with Crippen molar-refractivity contribution in [1.82, 2.24) is 0 Å². The van der Waals surface area contributed by atoms with Gasteiger partial charge in [-0.1, -0.05) is 36.9 Å². The molecule has 0 aliphatic carbocycles. The molecule has 0 heterocycles. The number of carbonyl (C=O) groups is 2. The molecule has 0 saturated carbocycles. The first-order valence-electron chi connectivity index (χ1n) is 3.76. The van der Waals surface area contributed by atoms with Crippen LogP contribution in [0.15, 0.2) is 43.0 Å². The molecular formula is C10H10KNO3. The summed E-state index contributed by atoms with van der Waals surface area (Å²) in [5.74, 6) is -1.61. The van der Waals surface area contributed by atoms with E-state index >= 15 is 0 Å². The summed E-state index contributed by atoms with van der Waals surface area (Å²) in [5, 5.41) is 10.1. The van der Waals surface area contributed by atoms with Crippen LogP contribution in [0.3, 0.4) is 0 Å². The van der Waals surface area contributed by atoms with Crippen LogP contribution in [-0.4, -0.2) is 11.9 Å². The molecule has 2 N–H and O–H groups in total. The van der Waals surface area contributed by atoms with Crippen LogP contribution >= 0.6 is 0 Å². The monoisotopic (exact) mass is 231 g/mol. The molecule has 1 aromatic carbocycles. The van der Waals surface area contributed by atoms with Crippen LogP contribution in [0.25, 0.3) is 0 Å². The van der Waals surface area contributed by atoms with Crippen molar-refractivity contribution in [2.24, 2.45) is 5.73 Å². The Labute approximate surface area is 131 Å². The van der Waals surface area contributed by atoms with Gasteiger partial charge in [0.2, 0.25) is 5.91 Å². The Bertz CT molecular complexity index is 325. The summed E-state index contributed by atoms with van der Waals surface area (Å²) in [5.41, 5.74) is 4.75. The Kier molecular flexibility index (Phi) is 11.4. The smallest absolute Gasteiger partial charge is 0.545 e. The topological polar surface area (TPSA) is 83.2 Å². The molecule has 0 atom stereocenters. The van der Waals surface area contributed by atoms with Gasteiger partial charge in [0.1, 0.15) is 0 Å². The molecule has 0 fully saturated rings. The van der Waals surface area contributed by atoms with Gasteiger partial charge in [0.15, 0.2) is 0 Å². The van der Waals surface area contributed by atoms with E-state index in [0.29, 0.717) is 0 Å². The van der Waals surface area contributed by atoms with Crippen LogP contribution in [0.4, 0.5) is 0 Å². The van der Waals surface area contributed by atoms with Gasteiger partial charge in [-0.2, -0.15) is 0 Å². The van der Waals surface area contributed by atoms with Crippen molar-refractivity contribution in [3.8, 4) is 0 Å². The van der Waals surface area contributed by atoms with Gasteiger partial charge in [-0.15, -0.1) is 0 Å². The number of aromatic carboxylic acids is 1. The fourth-order valence-corrected chi connectivity index (χ4v) is 0.574. The van der Waals surface area contributed by atoms with Gasteiger partial charge >= 0.3 is 51.4 Å². The molecule has 0 aliphatic heterocycles. The van der Waals surface area contributed by atoms with E-state index in [9.17, 15) is 14.7 Å². The normalized spacial score (nSPS) is 7.47. The van der Waals surface area contributed by atoms with Crippen LogP contribution in [0.5, 0.6) is 0 Å². The minimum absolute atomic E-state index is 0. The molecule has 0 spiro atoms. The maximum Gasteiger partial charge on any atom is 1.00 e. The molecule has 0 unspecified atom stereocenters. The largest absolute Gasteiger partial charge is 1.00 e. The number of benzene rings is 1. The zero-order valence-corrected chi connectivity index (χ0v) is 11.6. The standard InChI is InChI=1S/C7H6O2.C3H5NO.K/c8-7(9)6-4-2-1-3-5-6;1-2-3(4)5;/h1-5H,(H,8,9);2H,1H2,(H2,4,5);/q;;+1/p-1. The van der Waals surface area contributed by atoms with Crippen molar-refractivity contribution in [3.63, 3.8) is 0 Å². The van der Waals surface area contributed by atoms with Gasteiger partial charge in [-0.05, 0) is 11.6 Å². The van der Waals surface area contributed by atoms with Crippen LogP contribution in [0, 0.1) is 0 Å². The van der Waals surface area contributed by atoms with E-state index in [1.165, 1.54) is 12.1 Å². The fourth-order valence-electron chi connectivity index (χ4n) is 0.574. The Hall–Kier alpha value is -0.464. The van der Waals surface area contributed by atoms with Gasteiger partial charge in [-0.25, -0.2) is 0 Å². The first kappa shape index (κ1) is 16.9. The second-order valence-electron chi connectivity index (χ2n) is 2.26. The molecular weight excluding hydrogens is 221 g/mol. The summed E-state index contributed by atoms with van der Waals surface area (Å²) in [6, 6.07) is 8.06. The van der Waals surface area contributed by atoms with Crippen LogP contribution in [0.1, 0.15) is 10.4 Å². The Morgan fingerprint density at radius 1 is 1.27 bits per heavy atom. The first-order chi connectivity index (χ1) is 6.57. The molecule has 74 valence electrons. The van der Waals surface area contributed by atoms with Crippen molar-refractivity contribution >= 4 is 11.9 Å². The van der Waals surface area contributed by atoms with E-state index in [-0.39, 0.29) is 56.9 Å². The van der Waals surface area contributed by atoms with E-state index in [1.54, 1.807) is 18.2 Å². The maximum absolute atomic E-state index is 10.1. The summed E-state index contributed by atoms with van der Waals surface area (Å²) in [7, 11) is 0. The van der Waals surface area contributed by atoms with E-state index in [1.807, 2.05) is 0 Å². The average molecular weight is 231 g/mol. The van der Waals surface area contributed by atoms with E-state index in [0.717, 1.165) is 6.08 Å². The molecule has 15 heavy (non-hydrogen) atoms. The number of hydrogen-bond acceptors (Lipinski definition) is 3. The Balaban J connectivity index is 0. The molecule has 1 amide bonds. The Morgan fingerprint density at radius 3 is 1.87 bits per heavy atom. The number of primary amides is 1. The predicted octanol–water partition coefficient (Wildman–Crippen LogP) is -3.29. The molecule has 4 nitrogen and oxygen atoms in total. The van der Waals surface area contributed by atoms with E-state index in [2.05, 4.69) is 12.3 Å². The molecule has 1 rings (SSSR count). The number of carboxylic acids is 1. The number of carboxylic acid groups (broad SMARTS) is 1. The van der Waals surface area contributed by atoms with Gasteiger partial charge in [0.25, 0.3) is 0 Å². The van der Waals surface area contributed by atoms with E-state index in [4.69, 9.17) is 0 Å². The van der Waals surface area contributed by atoms with Crippen molar-refractivity contribution in [3.05, 3.63) is 48.6 Å². The third-order valence-electron chi connectivity index (χ3n) is 1.21. The van der Waals surface area contributed by atoms with Gasteiger partial charge < -0.3 is 15.6 Å². The summed E-state index contributed by atoms with van der Waals surface area (Å²) < 4.78 is 0. The van der Waals surface area contributed by atoms with Crippen molar-refractivity contribution < 1.29 is 66.1 Å². The summed E-state index contributed by atoms with van der Waals surface area (Å²) in [4.78, 5) is 19.6. The first-order valence-corrected chi connectivity index (χ1v) is 3.76. The Morgan fingerprint density at radius 2 is 1.67 bits per heavy atom. The second kappa shape index (κ2) is 10.1. The number of nitrogens with two attached hydrogens (primary N) is 1. The minimum Gasteiger partial charge on any atom is -0.545 e. The van der Waals surface area contributed by atoms with E-state index < -0.39 is 11.9 Å². The minimum atomic E-state index is -1.13. The summed E-state index contributed by atoms with van der Waals surface area (Å²) >= 11 is 0. The third kappa shape index (κ3) is 9.83. The van der Waals surface area contributed by atoms with Gasteiger partial charge in [-0.3, -0.25) is 4.79 Å². The number of rotatable bonds is 2. The van der Waals surface area contributed by atoms with Gasteiger partial charge in [0, 0.05) is 0 Å². The molecule has 0 saturated heterocycles. The third-order valence-corrected chi connectivity index (χ3v) is 1.21. The molecule has 0 radical (unpaired) electrons. The average Bonchev–Trinajstić information content (AvgIpc) is 2.20. The summed E-state index contributed by atoms with van der Waals surface area (Å²) in [6.07, 6.45) is 1.06.